The standard InChI is InChI=1S/C17H11BrF3NO2S/c18-11-5-3-4-10(8-11)13(23)9-16(24,17(19,20)21)15-22-12-6-1-2-7-14(12)25-15/h1-8,24H,9H2/t16-/m1/s1. The summed E-state index contributed by atoms with van der Waals surface area (Å²) < 4.78 is 42.0. The minimum Gasteiger partial charge on any atom is -0.374 e. The fourth-order valence-corrected chi connectivity index (χ4v) is 3.82. The van der Waals surface area contributed by atoms with Crippen molar-refractivity contribution in [3.63, 3.8) is 0 Å². The van der Waals surface area contributed by atoms with E-state index in [0.29, 0.717) is 14.7 Å². The molecule has 0 spiro atoms. The topological polar surface area (TPSA) is 50.2 Å². The average Bonchev–Trinajstić information content (AvgIpc) is 2.98. The van der Waals surface area contributed by atoms with Gasteiger partial charge in [0, 0.05) is 10.0 Å². The summed E-state index contributed by atoms with van der Waals surface area (Å²) in [5.74, 6) is -0.819. The van der Waals surface area contributed by atoms with Crippen molar-refractivity contribution in [2.45, 2.75) is 18.2 Å². The second-order valence-corrected chi connectivity index (χ2v) is 7.40. The molecular weight excluding hydrogens is 419 g/mol. The SMILES string of the molecule is O=C(C[C@@](O)(c1nc2ccccc2s1)C(F)(F)F)c1cccc(Br)c1. The number of ketones is 1. The van der Waals surface area contributed by atoms with Gasteiger partial charge in [-0.15, -0.1) is 11.3 Å². The lowest BCUT2D eigenvalue weighted by molar-refractivity contribution is -0.264. The molecule has 1 atom stereocenters. The Hall–Kier alpha value is -1.77. The summed E-state index contributed by atoms with van der Waals surface area (Å²) in [5.41, 5.74) is -2.91. The molecule has 0 saturated carbocycles. The van der Waals surface area contributed by atoms with Gasteiger partial charge in [0.05, 0.1) is 16.6 Å². The van der Waals surface area contributed by atoms with Crippen LogP contribution in [0.25, 0.3) is 10.2 Å². The fraction of sp³-hybridized carbons (Fsp3) is 0.176. The molecular formula is C17H11BrF3NO2S. The number of alkyl halides is 3. The molecule has 3 rings (SSSR count). The number of para-hydroxylation sites is 1. The smallest absolute Gasteiger partial charge is 0.374 e. The summed E-state index contributed by atoms with van der Waals surface area (Å²) in [6.07, 6.45) is -6.17. The van der Waals surface area contributed by atoms with Gasteiger partial charge in [0.25, 0.3) is 0 Å². The first kappa shape index (κ1) is 18.0. The quantitative estimate of drug-likeness (QED) is 0.588. The number of Topliss-reactive ketones (excluding diaryl/α,β-unsaturated/α-hetero) is 1. The van der Waals surface area contributed by atoms with Crippen LogP contribution in [0.4, 0.5) is 13.2 Å². The Morgan fingerprint density at radius 1 is 1.16 bits per heavy atom. The number of thiazole rings is 1. The maximum Gasteiger partial charge on any atom is 0.424 e. The summed E-state index contributed by atoms with van der Waals surface area (Å²) in [6.45, 7) is 0. The molecule has 0 aliphatic heterocycles. The number of carbonyl (C=O) groups excluding carboxylic acids is 1. The van der Waals surface area contributed by atoms with E-state index >= 15 is 0 Å². The maximum atomic E-state index is 13.6. The molecule has 0 radical (unpaired) electrons. The minimum absolute atomic E-state index is 0.0816. The minimum atomic E-state index is -5.04. The van der Waals surface area contributed by atoms with Gasteiger partial charge in [0.2, 0.25) is 5.60 Å². The lowest BCUT2D eigenvalue weighted by atomic mass is 9.93. The third-order valence-electron chi connectivity index (χ3n) is 3.68. The molecule has 0 saturated heterocycles. The van der Waals surface area contributed by atoms with Gasteiger partial charge in [-0.05, 0) is 24.3 Å². The van der Waals surface area contributed by atoms with E-state index in [0.717, 1.165) is 11.3 Å². The van der Waals surface area contributed by atoms with Crippen molar-refractivity contribution in [3.8, 4) is 0 Å². The summed E-state index contributed by atoms with van der Waals surface area (Å²) >= 11 is 3.90. The van der Waals surface area contributed by atoms with Crippen molar-refractivity contribution < 1.29 is 23.1 Å². The molecule has 0 amide bonds. The van der Waals surface area contributed by atoms with E-state index < -0.39 is 29.0 Å². The Kier molecular flexibility index (Phi) is 4.70. The number of nitrogens with zero attached hydrogens (tertiary/aromatic N) is 1. The first-order valence-corrected chi connectivity index (χ1v) is 8.75. The molecule has 0 bridgehead atoms. The average molecular weight is 430 g/mol. The van der Waals surface area contributed by atoms with E-state index in [1.807, 2.05) is 0 Å². The number of rotatable bonds is 4. The predicted molar refractivity (Wildman–Crippen MR) is 92.7 cm³/mol. The highest BCUT2D eigenvalue weighted by Crippen LogP contribution is 2.44. The predicted octanol–water partition coefficient (Wildman–Crippen LogP) is 5.08. The number of hydrogen-bond donors (Lipinski definition) is 1. The van der Waals surface area contributed by atoms with Crippen LogP contribution in [0, 0.1) is 0 Å². The second kappa shape index (κ2) is 6.51. The third-order valence-corrected chi connectivity index (χ3v) is 5.36. The van der Waals surface area contributed by atoms with Crippen LogP contribution < -0.4 is 0 Å². The summed E-state index contributed by atoms with van der Waals surface area (Å²) in [7, 11) is 0. The van der Waals surface area contributed by atoms with Crippen LogP contribution in [0.2, 0.25) is 0 Å². The molecule has 3 aromatic rings. The molecule has 0 unspecified atom stereocenters. The summed E-state index contributed by atoms with van der Waals surface area (Å²) in [5, 5.41) is 9.87. The molecule has 1 aromatic heterocycles. The third kappa shape index (κ3) is 3.47. The van der Waals surface area contributed by atoms with E-state index in [4.69, 9.17) is 0 Å². The Balaban J connectivity index is 2.03. The zero-order valence-corrected chi connectivity index (χ0v) is 15.0. The zero-order valence-electron chi connectivity index (χ0n) is 12.5. The number of aliphatic hydroxyl groups is 1. The van der Waals surface area contributed by atoms with E-state index in [1.54, 1.807) is 36.4 Å². The van der Waals surface area contributed by atoms with Crippen LogP contribution in [0.1, 0.15) is 21.8 Å². The molecule has 0 aliphatic carbocycles. The van der Waals surface area contributed by atoms with Gasteiger partial charge in [0.15, 0.2) is 5.78 Å². The van der Waals surface area contributed by atoms with Crippen LogP contribution in [-0.4, -0.2) is 22.1 Å². The highest BCUT2D eigenvalue weighted by atomic mass is 79.9. The van der Waals surface area contributed by atoms with Crippen molar-refractivity contribution in [2.24, 2.45) is 0 Å². The van der Waals surface area contributed by atoms with Crippen LogP contribution in [0.3, 0.4) is 0 Å². The Morgan fingerprint density at radius 3 is 2.52 bits per heavy atom. The first-order valence-electron chi connectivity index (χ1n) is 7.14. The van der Waals surface area contributed by atoms with Crippen molar-refractivity contribution in [1.82, 2.24) is 4.98 Å². The normalized spacial score (nSPS) is 14.4. The molecule has 3 nitrogen and oxygen atoms in total. The van der Waals surface area contributed by atoms with Gasteiger partial charge in [-0.1, -0.05) is 40.2 Å². The molecule has 2 aromatic carbocycles. The van der Waals surface area contributed by atoms with Crippen molar-refractivity contribution in [3.05, 3.63) is 63.6 Å². The van der Waals surface area contributed by atoms with E-state index in [2.05, 4.69) is 20.9 Å². The lowest BCUT2D eigenvalue weighted by Gasteiger charge is -2.27. The monoisotopic (exact) mass is 429 g/mol. The van der Waals surface area contributed by atoms with E-state index in [1.165, 1.54) is 12.1 Å². The van der Waals surface area contributed by atoms with E-state index in [-0.39, 0.29) is 5.56 Å². The highest BCUT2D eigenvalue weighted by molar-refractivity contribution is 9.10. The first-order chi connectivity index (χ1) is 11.7. The maximum absolute atomic E-state index is 13.6. The van der Waals surface area contributed by atoms with Crippen LogP contribution >= 0.6 is 27.3 Å². The molecule has 130 valence electrons. The Bertz CT molecular complexity index is 908. The van der Waals surface area contributed by atoms with Gasteiger partial charge in [-0.3, -0.25) is 4.79 Å². The van der Waals surface area contributed by atoms with Crippen molar-refractivity contribution in [2.75, 3.05) is 0 Å². The number of halogens is 4. The fourth-order valence-electron chi connectivity index (χ4n) is 2.34. The second-order valence-electron chi connectivity index (χ2n) is 5.46. The number of fused-ring (bicyclic) bond motifs is 1. The molecule has 8 heteroatoms. The van der Waals surface area contributed by atoms with Crippen LogP contribution in [0.5, 0.6) is 0 Å². The number of aromatic nitrogens is 1. The van der Waals surface area contributed by atoms with Gasteiger partial charge in [-0.2, -0.15) is 13.2 Å². The van der Waals surface area contributed by atoms with E-state index in [9.17, 15) is 23.1 Å². The molecule has 1 heterocycles. The van der Waals surface area contributed by atoms with Gasteiger partial charge < -0.3 is 5.11 Å². The Labute approximate surface area is 153 Å². The van der Waals surface area contributed by atoms with Crippen LogP contribution in [0.15, 0.2) is 53.0 Å². The van der Waals surface area contributed by atoms with Gasteiger partial charge >= 0.3 is 6.18 Å². The van der Waals surface area contributed by atoms with Crippen molar-refractivity contribution >= 4 is 43.3 Å². The zero-order chi connectivity index (χ0) is 18.2. The number of benzene rings is 2. The highest BCUT2D eigenvalue weighted by Gasteiger charge is 2.58. The molecule has 0 fully saturated rings. The van der Waals surface area contributed by atoms with Gasteiger partial charge in [0.1, 0.15) is 5.01 Å². The lowest BCUT2D eigenvalue weighted by Crippen LogP contribution is -2.44. The van der Waals surface area contributed by atoms with Gasteiger partial charge in [-0.25, -0.2) is 4.98 Å². The summed E-state index contributed by atoms with van der Waals surface area (Å²) in [4.78, 5) is 16.2. The largest absolute Gasteiger partial charge is 0.424 e. The number of hydrogen-bond acceptors (Lipinski definition) is 4. The molecule has 25 heavy (non-hydrogen) atoms. The summed E-state index contributed by atoms with van der Waals surface area (Å²) in [6, 6.07) is 12.5. The Morgan fingerprint density at radius 2 is 1.88 bits per heavy atom. The van der Waals surface area contributed by atoms with Crippen LogP contribution in [-0.2, 0) is 5.60 Å². The van der Waals surface area contributed by atoms with Crippen molar-refractivity contribution in [1.29, 1.82) is 0 Å². The molecule has 1 N–H and O–H groups in total. The number of carbonyl (C=O) groups is 1. The molecule has 0 aliphatic rings.